The van der Waals surface area contributed by atoms with E-state index in [-0.39, 0.29) is 11.8 Å². The van der Waals surface area contributed by atoms with Gasteiger partial charge in [-0.25, -0.2) is 4.98 Å². The molecule has 0 bridgehead atoms. The third-order valence-electron chi connectivity index (χ3n) is 5.38. The molecule has 31 heavy (non-hydrogen) atoms. The number of rotatable bonds is 5. The van der Waals surface area contributed by atoms with E-state index in [1.807, 2.05) is 78.3 Å². The smallest absolute Gasteiger partial charge is 0.255 e. The summed E-state index contributed by atoms with van der Waals surface area (Å²) in [7, 11) is 0. The minimum Gasteiger partial charge on any atom is -0.387 e. The summed E-state index contributed by atoms with van der Waals surface area (Å²) in [5.41, 5.74) is 4.18. The molecule has 3 aromatic rings. The topological polar surface area (TPSA) is 74.3 Å². The maximum absolute atomic E-state index is 13.4. The van der Waals surface area contributed by atoms with Crippen LogP contribution in [0.4, 0.5) is 5.13 Å². The average molecular weight is 429 g/mol. The molecule has 0 unspecified atom stereocenters. The number of carbonyl (C=O) groups excluding carboxylic acids is 2. The predicted molar refractivity (Wildman–Crippen MR) is 121 cm³/mol. The first-order valence-corrected chi connectivity index (χ1v) is 10.9. The number of carbonyl (C=O) groups is 2. The molecule has 2 aliphatic heterocycles. The van der Waals surface area contributed by atoms with E-state index in [9.17, 15) is 9.59 Å². The Morgan fingerprint density at radius 3 is 2.71 bits per heavy atom. The van der Waals surface area contributed by atoms with Crippen LogP contribution in [-0.2, 0) is 11.3 Å². The van der Waals surface area contributed by atoms with Gasteiger partial charge in [0.1, 0.15) is 6.04 Å². The molecule has 0 saturated carbocycles. The summed E-state index contributed by atoms with van der Waals surface area (Å²) in [5.74, 6) is -0.410. The van der Waals surface area contributed by atoms with Crippen LogP contribution >= 0.6 is 11.3 Å². The van der Waals surface area contributed by atoms with Crippen LogP contribution < -0.4 is 10.6 Å². The lowest BCUT2D eigenvalue weighted by Gasteiger charge is -2.27. The molecule has 7 heteroatoms. The van der Waals surface area contributed by atoms with Crippen LogP contribution in [0.2, 0.25) is 0 Å². The van der Waals surface area contributed by atoms with Crippen molar-refractivity contribution in [1.29, 1.82) is 0 Å². The second-order valence-electron chi connectivity index (χ2n) is 7.33. The lowest BCUT2D eigenvalue weighted by atomic mass is 10.0. The summed E-state index contributed by atoms with van der Waals surface area (Å²) in [6, 6.07) is 16.1. The van der Waals surface area contributed by atoms with Gasteiger partial charge in [-0.2, -0.15) is 0 Å². The van der Waals surface area contributed by atoms with E-state index in [0.29, 0.717) is 17.2 Å². The van der Waals surface area contributed by atoms with Crippen LogP contribution in [0, 0.1) is 0 Å². The van der Waals surface area contributed by atoms with Crippen molar-refractivity contribution in [2.75, 3.05) is 11.9 Å². The van der Waals surface area contributed by atoms with Crippen molar-refractivity contribution in [3.63, 3.8) is 0 Å². The Bertz CT molecular complexity index is 1200. The third kappa shape index (κ3) is 3.75. The van der Waals surface area contributed by atoms with Gasteiger partial charge in [0.2, 0.25) is 0 Å². The predicted octanol–water partition coefficient (Wildman–Crippen LogP) is 3.98. The number of hydrogen-bond acceptors (Lipinski definition) is 5. The normalized spacial score (nSPS) is 15.8. The molecule has 6 nitrogen and oxygen atoms in total. The number of anilines is 1. The van der Waals surface area contributed by atoms with Crippen LogP contribution in [0.15, 0.2) is 78.3 Å². The zero-order valence-corrected chi connectivity index (χ0v) is 17.4. The van der Waals surface area contributed by atoms with Crippen LogP contribution in [0.5, 0.6) is 0 Å². The average Bonchev–Trinajstić information content (AvgIpc) is 3.40. The molecular weight excluding hydrogens is 408 g/mol. The van der Waals surface area contributed by atoms with Gasteiger partial charge < -0.3 is 10.2 Å². The molecule has 1 atom stereocenters. The van der Waals surface area contributed by atoms with Gasteiger partial charge in [-0.1, -0.05) is 54.6 Å². The van der Waals surface area contributed by atoms with Crippen molar-refractivity contribution in [3.8, 4) is 0 Å². The maximum atomic E-state index is 13.4. The number of amides is 2. The number of nitrogens with zero attached hydrogens (tertiary/aromatic N) is 2. The summed E-state index contributed by atoms with van der Waals surface area (Å²) in [6.07, 6.45) is 5.89. The SMILES string of the molecule is O=C(Nc1nc(C2=CCNC=C2)cs1)[C@@H](c1ccccc1)N1Cc2ccccc2C1=O. The number of dihydropyridines is 1. The van der Waals surface area contributed by atoms with E-state index in [1.54, 1.807) is 4.90 Å². The fourth-order valence-corrected chi connectivity index (χ4v) is 4.60. The fraction of sp³-hybridized carbons (Fsp3) is 0.125. The largest absolute Gasteiger partial charge is 0.387 e. The number of benzene rings is 2. The van der Waals surface area contributed by atoms with E-state index in [1.165, 1.54) is 11.3 Å². The van der Waals surface area contributed by atoms with Gasteiger partial charge in [0.05, 0.1) is 5.69 Å². The minimum atomic E-state index is -0.744. The summed E-state index contributed by atoms with van der Waals surface area (Å²) in [4.78, 5) is 32.7. The van der Waals surface area contributed by atoms with Crippen LogP contribution in [0.3, 0.4) is 0 Å². The summed E-state index contributed by atoms with van der Waals surface area (Å²) in [5, 5.41) is 8.48. The Labute approximate surface area is 183 Å². The Balaban J connectivity index is 1.42. The standard InChI is InChI=1S/C24H20N4O2S/c29-22(27-24-26-20(15-31-24)16-10-12-25-13-11-16)21(17-6-2-1-3-7-17)28-14-18-8-4-5-9-19(18)23(28)30/h1-12,15,21,25H,13-14H2,(H,26,27,29)/t21-/m1/s1. The highest BCUT2D eigenvalue weighted by Gasteiger charge is 2.37. The molecule has 154 valence electrons. The number of hydrogen-bond donors (Lipinski definition) is 2. The molecule has 0 radical (unpaired) electrons. The zero-order chi connectivity index (χ0) is 21.2. The number of thiazole rings is 1. The summed E-state index contributed by atoms with van der Waals surface area (Å²) < 4.78 is 0. The molecular formula is C24H20N4O2S. The van der Waals surface area contributed by atoms with Crippen molar-refractivity contribution in [1.82, 2.24) is 15.2 Å². The van der Waals surface area contributed by atoms with Crippen LogP contribution in [-0.4, -0.2) is 28.2 Å². The van der Waals surface area contributed by atoms with Gasteiger partial charge in [-0.05, 0) is 29.5 Å². The Hall–Kier alpha value is -3.71. The maximum Gasteiger partial charge on any atom is 0.255 e. The molecule has 0 aliphatic carbocycles. The van der Waals surface area contributed by atoms with E-state index < -0.39 is 6.04 Å². The molecule has 0 fully saturated rings. The van der Waals surface area contributed by atoms with Gasteiger partial charge in [-0.15, -0.1) is 11.3 Å². The first kappa shape index (κ1) is 19.3. The van der Waals surface area contributed by atoms with Crippen molar-refractivity contribution in [2.24, 2.45) is 0 Å². The van der Waals surface area contributed by atoms with Crippen LogP contribution in [0.25, 0.3) is 5.57 Å². The number of allylic oxidation sites excluding steroid dienone is 2. The first-order valence-electron chi connectivity index (χ1n) is 10.0. The fourth-order valence-electron chi connectivity index (χ4n) is 3.87. The number of fused-ring (bicyclic) bond motifs is 1. The highest BCUT2D eigenvalue weighted by Crippen LogP contribution is 2.33. The van der Waals surface area contributed by atoms with Crippen LogP contribution in [0.1, 0.15) is 33.2 Å². The molecule has 0 saturated heterocycles. The zero-order valence-electron chi connectivity index (χ0n) is 16.6. The molecule has 2 aromatic carbocycles. The van der Waals surface area contributed by atoms with E-state index >= 15 is 0 Å². The highest BCUT2D eigenvalue weighted by atomic mass is 32.1. The lowest BCUT2D eigenvalue weighted by Crippen LogP contribution is -2.37. The Morgan fingerprint density at radius 1 is 1.13 bits per heavy atom. The monoisotopic (exact) mass is 428 g/mol. The van der Waals surface area contributed by atoms with Gasteiger partial charge in [0, 0.05) is 29.6 Å². The second-order valence-corrected chi connectivity index (χ2v) is 8.19. The van der Waals surface area contributed by atoms with Gasteiger partial charge >= 0.3 is 0 Å². The first-order chi connectivity index (χ1) is 15.2. The quantitative estimate of drug-likeness (QED) is 0.645. The molecule has 5 rings (SSSR count). The molecule has 2 aliphatic rings. The van der Waals surface area contributed by atoms with E-state index in [0.717, 1.165) is 28.9 Å². The van der Waals surface area contributed by atoms with Gasteiger partial charge in [0.15, 0.2) is 5.13 Å². The molecule has 1 aromatic heterocycles. The molecule has 2 N–H and O–H groups in total. The minimum absolute atomic E-state index is 0.135. The second kappa shape index (κ2) is 8.20. The van der Waals surface area contributed by atoms with Crippen molar-refractivity contribution in [2.45, 2.75) is 12.6 Å². The Kier molecular flexibility index (Phi) is 5.09. The van der Waals surface area contributed by atoms with Crippen molar-refractivity contribution >= 4 is 33.9 Å². The third-order valence-corrected chi connectivity index (χ3v) is 6.13. The summed E-state index contributed by atoms with van der Waals surface area (Å²) >= 11 is 1.37. The molecule has 0 spiro atoms. The highest BCUT2D eigenvalue weighted by molar-refractivity contribution is 7.14. The van der Waals surface area contributed by atoms with Gasteiger partial charge in [-0.3, -0.25) is 14.9 Å². The number of nitrogens with one attached hydrogen (secondary N) is 2. The van der Waals surface area contributed by atoms with Crippen molar-refractivity contribution in [3.05, 3.63) is 101 Å². The van der Waals surface area contributed by atoms with Gasteiger partial charge in [0.25, 0.3) is 11.8 Å². The summed E-state index contributed by atoms with van der Waals surface area (Å²) in [6.45, 7) is 1.15. The molecule has 2 amide bonds. The van der Waals surface area contributed by atoms with E-state index in [2.05, 4.69) is 15.6 Å². The Morgan fingerprint density at radius 2 is 1.94 bits per heavy atom. The molecule has 3 heterocycles. The van der Waals surface area contributed by atoms with Crippen molar-refractivity contribution < 1.29 is 9.59 Å². The van der Waals surface area contributed by atoms with E-state index in [4.69, 9.17) is 0 Å². The number of aromatic nitrogens is 1. The lowest BCUT2D eigenvalue weighted by molar-refractivity contribution is -0.120.